The fraction of sp³-hybridized carbons (Fsp3) is 0.227. The number of aromatic nitrogens is 4. The molecule has 0 aliphatic heterocycles. The Morgan fingerprint density at radius 3 is 2.44 bits per heavy atom. The summed E-state index contributed by atoms with van der Waals surface area (Å²) in [7, 11) is 0. The van der Waals surface area contributed by atoms with E-state index in [9.17, 15) is 18.3 Å². The van der Waals surface area contributed by atoms with Crippen molar-refractivity contribution in [2.45, 2.75) is 33.7 Å². The second-order valence-electron chi connectivity index (χ2n) is 6.42. The lowest BCUT2D eigenvalue weighted by Crippen LogP contribution is -2.16. The van der Waals surface area contributed by atoms with Crippen LogP contribution in [0.25, 0.3) is 22.1 Å². The summed E-state index contributed by atoms with van der Waals surface area (Å²) in [5, 5.41) is 16.5. The molecule has 0 aliphatic carbocycles. The van der Waals surface area contributed by atoms with Crippen molar-refractivity contribution in [3.63, 3.8) is 0 Å². The number of hydrogen-bond donors (Lipinski definition) is 1. The number of hydrogen-bond acceptors (Lipinski definition) is 6. The van der Waals surface area contributed by atoms with Crippen molar-refractivity contribution in [3.8, 4) is 33.6 Å². The van der Waals surface area contributed by atoms with Gasteiger partial charge in [-0.25, -0.2) is 14.6 Å². The number of alkyl halides is 3. The molecule has 0 atom stereocenters. The fourth-order valence-electron chi connectivity index (χ4n) is 2.82. The molecule has 32 heavy (non-hydrogen) atoms. The van der Waals surface area contributed by atoms with E-state index in [0.29, 0.717) is 34.5 Å². The van der Waals surface area contributed by atoms with Crippen LogP contribution < -0.4 is 4.74 Å². The molecule has 0 saturated heterocycles. The maximum absolute atomic E-state index is 12.3. The summed E-state index contributed by atoms with van der Waals surface area (Å²) in [5.74, 6) is 1.05. The molecule has 0 bridgehead atoms. The molecule has 10 heteroatoms. The predicted octanol–water partition coefficient (Wildman–Crippen LogP) is 6.06. The molecule has 1 N–H and O–H groups in total. The van der Waals surface area contributed by atoms with Gasteiger partial charge in [-0.2, -0.15) is 0 Å². The maximum Gasteiger partial charge on any atom is 0.573 e. The number of halogens is 3. The molecule has 0 unspecified atom stereocenters. The SMILES string of the molecule is CC.Cc1nc(-c2nc(-c3ccc(OC(F)(F)F)cc3)cs2)nn1Cc1cccc(O)c1. The third-order valence-electron chi connectivity index (χ3n) is 4.18. The monoisotopic (exact) mass is 462 g/mol. The Bertz CT molecular complexity index is 1170. The number of phenols is 1. The summed E-state index contributed by atoms with van der Waals surface area (Å²) in [6.07, 6.45) is -4.73. The molecule has 0 saturated carbocycles. The molecule has 168 valence electrons. The first-order valence-corrected chi connectivity index (χ1v) is 10.7. The van der Waals surface area contributed by atoms with Gasteiger partial charge in [0.05, 0.1) is 12.2 Å². The first kappa shape index (κ1) is 23.3. The molecule has 4 aromatic rings. The average Bonchev–Trinajstić information content (AvgIpc) is 3.36. The minimum atomic E-state index is -4.73. The van der Waals surface area contributed by atoms with Crippen LogP contribution in [-0.2, 0) is 6.54 Å². The van der Waals surface area contributed by atoms with Crippen LogP contribution in [0.1, 0.15) is 25.2 Å². The van der Waals surface area contributed by atoms with Crippen LogP contribution >= 0.6 is 11.3 Å². The predicted molar refractivity (Wildman–Crippen MR) is 117 cm³/mol. The Kier molecular flexibility index (Phi) is 7.14. The van der Waals surface area contributed by atoms with Crippen LogP contribution in [0.15, 0.2) is 53.9 Å². The highest BCUT2D eigenvalue weighted by atomic mass is 32.1. The van der Waals surface area contributed by atoms with Gasteiger partial charge >= 0.3 is 6.36 Å². The third kappa shape index (κ3) is 5.85. The van der Waals surface area contributed by atoms with Gasteiger partial charge in [-0.3, -0.25) is 0 Å². The zero-order valence-electron chi connectivity index (χ0n) is 17.6. The molecule has 2 aromatic carbocycles. The molecule has 0 radical (unpaired) electrons. The summed E-state index contributed by atoms with van der Waals surface area (Å²) in [6, 6.07) is 12.4. The molecular weight excluding hydrogens is 441 g/mol. The van der Waals surface area contributed by atoms with Gasteiger partial charge in [0.1, 0.15) is 17.3 Å². The third-order valence-corrected chi connectivity index (χ3v) is 5.02. The van der Waals surface area contributed by atoms with Crippen molar-refractivity contribution in [1.82, 2.24) is 19.7 Å². The van der Waals surface area contributed by atoms with E-state index in [1.165, 1.54) is 35.6 Å². The van der Waals surface area contributed by atoms with Crippen molar-refractivity contribution < 1.29 is 23.0 Å². The Hall–Kier alpha value is -3.40. The molecule has 0 aliphatic rings. The van der Waals surface area contributed by atoms with Crippen molar-refractivity contribution in [1.29, 1.82) is 0 Å². The second-order valence-corrected chi connectivity index (χ2v) is 7.28. The van der Waals surface area contributed by atoms with Crippen molar-refractivity contribution in [2.24, 2.45) is 0 Å². The number of rotatable bonds is 5. The van der Waals surface area contributed by atoms with E-state index in [4.69, 9.17) is 0 Å². The lowest BCUT2D eigenvalue weighted by Gasteiger charge is -2.08. The van der Waals surface area contributed by atoms with Gasteiger partial charge in [-0.05, 0) is 48.9 Å². The Morgan fingerprint density at radius 2 is 1.78 bits per heavy atom. The number of thiazole rings is 1. The maximum atomic E-state index is 12.3. The number of benzene rings is 2. The first-order valence-electron chi connectivity index (χ1n) is 9.78. The Labute approximate surface area is 187 Å². The number of aryl methyl sites for hydroxylation is 1. The highest BCUT2D eigenvalue weighted by Crippen LogP contribution is 2.30. The standard InChI is InChI=1S/C20H15F3N4O2S.C2H6/c1-12-24-18(26-27(12)10-13-3-2-4-15(28)9-13)19-25-17(11-30-19)14-5-7-16(8-6-14)29-20(21,22)23;1-2/h2-9,11,28H,10H2,1H3;1-2H3. The highest BCUT2D eigenvalue weighted by Gasteiger charge is 2.31. The van der Waals surface area contributed by atoms with Crippen LogP contribution in [0.5, 0.6) is 11.5 Å². The van der Waals surface area contributed by atoms with Gasteiger partial charge in [-0.1, -0.05) is 26.0 Å². The Balaban J connectivity index is 0.00000141. The highest BCUT2D eigenvalue weighted by molar-refractivity contribution is 7.13. The topological polar surface area (TPSA) is 73.1 Å². The van der Waals surface area contributed by atoms with Crippen molar-refractivity contribution in [2.75, 3.05) is 0 Å². The van der Waals surface area contributed by atoms with Crippen LogP contribution in [0.2, 0.25) is 0 Å². The van der Waals surface area contributed by atoms with E-state index in [1.807, 2.05) is 26.8 Å². The summed E-state index contributed by atoms with van der Waals surface area (Å²) in [5.41, 5.74) is 2.15. The number of ether oxygens (including phenoxy) is 1. The normalized spacial score (nSPS) is 11.1. The lowest BCUT2D eigenvalue weighted by molar-refractivity contribution is -0.274. The summed E-state index contributed by atoms with van der Waals surface area (Å²) in [6.45, 7) is 6.28. The van der Waals surface area contributed by atoms with E-state index in [-0.39, 0.29) is 11.5 Å². The smallest absolute Gasteiger partial charge is 0.508 e. The number of aromatic hydroxyl groups is 1. The number of nitrogens with zero attached hydrogens (tertiary/aromatic N) is 4. The van der Waals surface area contributed by atoms with Gasteiger partial charge in [0.2, 0.25) is 5.82 Å². The van der Waals surface area contributed by atoms with E-state index in [0.717, 1.165) is 5.56 Å². The average molecular weight is 462 g/mol. The van der Waals surface area contributed by atoms with E-state index < -0.39 is 6.36 Å². The van der Waals surface area contributed by atoms with Gasteiger partial charge < -0.3 is 9.84 Å². The molecule has 2 aromatic heterocycles. The van der Waals surface area contributed by atoms with Crippen LogP contribution in [0.3, 0.4) is 0 Å². The molecule has 4 rings (SSSR count). The zero-order valence-corrected chi connectivity index (χ0v) is 18.4. The van der Waals surface area contributed by atoms with E-state index >= 15 is 0 Å². The van der Waals surface area contributed by atoms with E-state index in [1.54, 1.807) is 28.3 Å². The summed E-state index contributed by atoms with van der Waals surface area (Å²) < 4.78 is 42.5. The van der Waals surface area contributed by atoms with Crippen molar-refractivity contribution >= 4 is 11.3 Å². The largest absolute Gasteiger partial charge is 0.573 e. The molecular formula is C22H21F3N4O2S. The van der Waals surface area contributed by atoms with Gasteiger partial charge in [0, 0.05) is 10.9 Å². The molecule has 0 amide bonds. The molecule has 0 spiro atoms. The van der Waals surface area contributed by atoms with Gasteiger partial charge in [0.15, 0.2) is 5.01 Å². The first-order chi connectivity index (χ1) is 15.3. The van der Waals surface area contributed by atoms with Gasteiger partial charge in [-0.15, -0.1) is 29.6 Å². The van der Waals surface area contributed by atoms with Crippen molar-refractivity contribution in [3.05, 3.63) is 65.3 Å². The minimum absolute atomic E-state index is 0.182. The van der Waals surface area contributed by atoms with Gasteiger partial charge in [0.25, 0.3) is 0 Å². The van der Waals surface area contributed by atoms with E-state index in [2.05, 4.69) is 19.8 Å². The Morgan fingerprint density at radius 1 is 1.06 bits per heavy atom. The zero-order chi connectivity index (χ0) is 23.3. The minimum Gasteiger partial charge on any atom is -0.508 e. The quantitative estimate of drug-likeness (QED) is 0.391. The van der Waals surface area contributed by atoms with Crippen LogP contribution in [-0.4, -0.2) is 31.2 Å². The fourth-order valence-corrected chi connectivity index (χ4v) is 3.58. The van der Waals surface area contributed by atoms with Crippen LogP contribution in [0.4, 0.5) is 13.2 Å². The number of phenolic OH excluding ortho intramolecular Hbond substituents is 1. The molecule has 2 heterocycles. The lowest BCUT2D eigenvalue weighted by atomic mass is 10.2. The summed E-state index contributed by atoms with van der Waals surface area (Å²) in [4.78, 5) is 8.96. The summed E-state index contributed by atoms with van der Waals surface area (Å²) >= 11 is 1.34. The molecule has 0 fully saturated rings. The van der Waals surface area contributed by atoms with Crippen LogP contribution in [0, 0.1) is 6.92 Å². The second kappa shape index (κ2) is 9.82. The molecule has 6 nitrogen and oxygen atoms in total.